The van der Waals surface area contributed by atoms with E-state index in [1.807, 2.05) is 0 Å². The van der Waals surface area contributed by atoms with Gasteiger partial charge in [-0.2, -0.15) is 12.6 Å². The molecule has 1 rings (SSSR count). The number of rotatable bonds is 9. The highest BCUT2D eigenvalue weighted by atomic mass is 32.1. The number of nitrogens with zero attached hydrogens (tertiary/aromatic N) is 1. The summed E-state index contributed by atoms with van der Waals surface area (Å²) in [6, 6.07) is 3.44. The normalized spacial score (nSPS) is 10.0. The lowest BCUT2D eigenvalue weighted by atomic mass is 10.2. The Kier molecular flexibility index (Phi) is 8.27. The Morgan fingerprint density at radius 2 is 2.05 bits per heavy atom. The van der Waals surface area contributed by atoms with Crippen molar-refractivity contribution in [3.05, 3.63) is 18.3 Å². The molecule has 2 amide bonds. The minimum atomic E-state index is -0.0679. The fourth-order valence-electron chi connectivity index (χ4n) is 1.65. The highest BCUT2D eigenvalue weighted by Crippen LogP contribution is 2.11. The smallest absolute Gasteiger partial charge is 0.229 e. The number of aromatic nitrogens is 1. The first kappa shape index (κ1) is 17.3. The fraction of sp³-hybridized carbons (Fsp3) is 0.500. The molecular formula is C14H21N3O3S. The van der Waals surface area contributed by atoms with E-state index >= 15 is 0 Å². The van der Waals surface area contributed by atoms with Crippen molar-refractivity contribution < 1.29 is 14.3 Å². The van der Waals surface area contributed by atoms with Crippen LogP contribution in [0.25, 0.3) is 0 Å². The molecule has 1 heterocycles. The molecule has 0 aromatic carbocycles. The van der Waals surface area contributed by atoms with Gasteiger partial charge in [-0.1, -0.05) is 6.42 Å². The van der Waals surface area contributed by atoms with Crippen molar-refractivity contribution in [3.63, 3.8) is 0 Å². The third-order valence-electron chi connectivity index (χ3n) is 2.79. The number of amides is 2. The van der Waals surface area contributed by atoms with E-state index in [2.05, 4.69) is 28.2 Å². The molecule has 0 aliphatic heterocycles. The number of thiol groups is 1. The molecule has 0 saturated carbocycles. The molecule has 1 aromatic rings. The molecule has 0 atom stereocenters. The highest BCUT2D eigenvalue weighted by molar-refractivity contribution is 7.81. The van der Waals surface area contributed by atoms with E-state index in [-0.39, 0.29) is 17.6 Å². The molecule has 6 nitrogen and oxygen atoms in total. The fourth-order valence-corrected chi connectivity index (χ4v) is 1.76. The zero-order chi connectivity index (χ0) is 15.5. The van der Waals surface area contributed by atoms with Crippen LogP contribution in [0.3, 0.4) is 0 Å². The van der Waals surface area contributed by atoms with Gasteiger partial charge in [-0.25, -0.2) is 4.98 Å². The lowest BCUT2D eigenvalue weighted by molar-refractivity contribution is -0.118. The van der Waals surface area contributed by atoms with Gasteiger partial charge in [0.25, 0.3) is 0 Å². The summed E-state index contributed by atoms with van der Waals surface area (Å²) in [5.74, 6) is 1.24. The van der Waals surface area contributed by atoms with Crippen LogP contribution in [0.2, 0.25) is 0 Å². The molecule has 0 radical (unpaired) electrons. The van der Waals surface area contributed by atoms with E-state index in [4.69, 9.17) is 4.74 Å². The average Bonchev–Trinajstić information content (AvgIpc) is 2.51. The summed E-state index contributed by atoms with van der Waals surface area (Å²) < 4.78 is 4.99. The van der Waals surface area contributed by atoms with Crippen molar-refractivity contribution in [2.45, 2.75) is 25.7 Å². The maximum absolute atomic E-state index is 11.7. The number of hydrogen-bond acceptors (Lipinski definition) is 5. The molecule has 116 valence electrons. The third kappa shape index (κ3) is 7.55. The van der Waals surface area contributed by atoms with Crippen LogP contribution in [0, 0.1) is 0 Å². The highest BCUT2D eigenvalue weighted by Gasteiger charge is 2.03. The molecule has 0 aliphatic carbocycles. The minimum absolute atomic E-state index is 0.0629. The zero-order valence-electron chi connectivity index (χ0n) is 12.1. The molecule has 0 saturated heterocycles. The number of unbranched alkanes of at least 4 members (excludes halogenated alkanes) is 2. The van der Waals surface area contributed by atoms with E-state index in [1.165, 1.54) is 0 Å². The number of nitrogens with one attached hydrogen (secondary N) is 2. The number of methoxy groups -OCH3 is 1. The minimum Gasteiger partial charge on any atom is -0.495 e. The van der Waals surface area contributed by atoms with E-state index < -0.39 is 0 Å². The first-order valence-electron chi connectivity index (χ1n) is 6.83. The first-order chi connectivity index (χ1) is 10.2. The summed E-state index contributed by atoms with van der Waals surface area (Å²) in [6.45, 7) is 0.626. The Morgan fingerprint density at radius 3 is 2.67 bits per heavy atom. The SMILES string of the molecule is COc1ccc(NC(=O)CCCCCNC(=O)CS)nc1. The predicted molar refractivity (Wildman–Crippen MR) is 84.7 cm³/mol. The maximum atomic E-state index is 11.7. The van der Waals surface area contributed by atoms with Crippen molar-refractivity contribution in [3.8, 4) is 5.75 Å². The predicted octanol–water partition coefficient (Wildman–Crippen LogP) is 1.64. The quantitative estimate of drug-likeness (QED) is 0.478. The molecule has 0 aliphatic rings. The van der Waals surface area contributed by atoms with Crippen molar-refractivity contribution in [1.29, 1.82) is 0 Å². The maximum Gasteiger partial charge on any atom is 0.229 e. The third-order valence-corrected chi connectivity index (χ3v) is 3.07. The number of anilines is 1. The summed E-state index contributed by atoms with van der Waals surface area (Å²) in [5, 5.41) is 5.46. The molecule has 21 heavy (non-hydrogen) atoms. The molecule has 1 aromatic heterocycles. The van der Waals surface area contributed by atoms with Crippen LogP contribution in [-0.2, 0) is 9.59 Å². The Morgan fingerprint density at radius 1 is 1.24 bits per heavy atom. The Balaban J connectivity index is 2.12. The topological polar surface area (TPSA) is 80.3 Å². The molecule has 0 unspecified atom stereocenters. The second-order valence-electron chi connectivity index (χ2n) is 4.45. The number of carbonyl (C=O) groups excluding carboxylic acids is 2. The van der Waals surface area contributed by atoms with E-state index in [0.29, 0.717) is 24.5 Å². The summed E-state index contributed by atoms with van der Waals surface area (Å²) in [6.07, 6.45) is 4.51. The van der Waals surface area contributed by atoms with Gasteiger partial charge in [0.15, 0.2) is 0 Å². The van der Waals surface area contributed by atoms with Crippen LogP contribution >= 0.6 is 12.6 Å². The van der Waals surface area contributed by atoms with Crippen molar-refractivity contribution >= 4 is 30.3 Å². The van der Waals surface area contributed by atoms with Gasteiger partial charge < -0.3 is 15.4 Å². The summed E-state index contributed by atoms with van der Waals surface area (Å²) >= 11 is 3.87. The monoisotopic (exact) mass is 311 g/mol. The van der Waals surface area contributed by atoms with Crippen LogP contribution in [0.1, 0.15) is 25.7 Å². The van der Waals surface area contributed by atoms with Gasteiger partial charge in [0.1, 0.15) is 11.6 Å². The Bertz CT molecular complexity index is 451. The summed E-state index contributed by atoms with van der Waals surface area (Å²) in [5.41, 5.74) is 0. The Hall–Kier alpha value is -1.76. The summed E-state index contributed by atoms with van der Waals surface area (Å²) in [4.78, 5) is 26.7. The second kappa shape index (κ2) is 10.0. The van der Waals surface area contributed by atoms with Crippen LogP contribution < -0.4 is 15.4 Å². The standard InChI is InChI=1S/C14H21N3O3S/c1-20-11-6-7-12(16-9-11)17-13(18)5-3-2-4-8-15-14(19)10-21/h6-7,9,21H,2-5,8,10H2,1H3,(H,15,19)(H,16,17,18). The van der Waals surface area contributed by atoms with Gasteiger partial charge in [-0.05, 0) is 25.0 Å². The number of pyridine rings is 1. The van der Waals surface area contributed by atoms with Crippen molar-refractivity contribution in [2.24, 2.45) is 0 Å². The molecule has 0 fully saturated rings. The van der Waals surface area contributed by atoms with E-state index in [9.17, 15) is 9.59 Å². The number of hydrogen-bond donors (Lipinski definition) is 3. The first-order valence-corrected chi connectivity index (χ1v) is 7.46. The average molecular weight is 311 g/mol. The van der Waals surface area contributed by atoms with Crippen molar-refractivity contribution in [2.75, 3.05) is 24.7 Å². The lowest BCUT2D eigenvalue weighted by Gasteiger charge is -2.06. The largest absolute Gasteiger partial charge is 0.495 e. The van der Waals surface area contributed by atoms with Gasteiger partial charge in [0, 0.05) is 13.0 Å². The van der Waals surface area contributed by atoms with Gasteiger partial charge in [-0.15, -0.1) is 0 Å². The number of ether oxygens (including phenoxy) is 1. The van der Waals surface area contributed by atoms with Crippen LogP contribution in [0.15, 0.2) is 18.3 Å². The van der Waals surface area contributed by atoms with Gasteiger partial charge in [0.2, 0.25) is 11.8 Å². The summed E-state index contributed by atoms with van der Waals surface area (Å²) in [7, 11) is 1.56. The van der Waals surface area contributed by atoms with E-state index in [1.54, 1.807) is 25.4 Å². The second-order valence-corrected chi connectivity index (χ2v) is 4.77. The van der Waals surface area contributed by atoms with Gasteiger partial charge in [0.05, 0.1) is 19.1 Å². The van der Waals surface area contributed by atoms with Crippen LogP contribution in [0.4, 0.5) is 5.82 Å². The van der Waals surface area contributed by atoms with Gasteiger partial charge in [-0.3, -0.25) is 9.59 Å². The lowest BCUT2D eigenvalue weighted by Crippen LogP contribution is -2.25. The van der Waals surface area contributed by atoms with Crippen molar-refractivity contribution in [1.82, 2.24) is 10.3 Å². The molecule has 0 bridgehead atoms. The molecule has 2 N–H and O–H groups in total. The Labute approximate surface area is 130 Å². The van der Waals surface area contributed by atoms with Crippen LogP contribution in [-0.4, -0.2) is 36.2 Å². The van der Waals surface area contributed by atoms with E-state index in [0.717, 1.165) is 19.3 Å². The van der Waals surface area contributed by atoms with Gasteiger partial charge >= 0.3 is 0 Å². The molecule has 0 spiro atoms. The van der Waals surface area contributed by atoms with Crippen LogP contribution in [0.5, 0.6) is 5.75 Å². The molecule has 7 heteroatoms. The molecular weight excluding hydrogens is 290 g/mol. The zero-order valence-corrected chi connectivity index (χ0v) is 13.0. The number of carbonyl (C=O) groups is 2.